The fourth-order valence-corrected chi connectivity index (χ4v) is 4.16. The maximum atomic E-state index is 12.8. The van der Waals surface area contributed by atoms with Gasteiger partial charge in [-0.25, -0.2) is 4.79 Å². The van der Waals surface area contributed by atoms with E-state index in [0.29, 0.717) is 21.5 Å². The monoisotopic (exact) mass is 532 g/mol. The number of anilines is 1. The second-order valence-electron chi connectivity index (χ2n) is 7.11. The minimum Gasteiger partial charge on any atom is -0.481 e. The van der Waals surface area contributed by atoms with Crippen LogP contribution < -0.4 is 10.1 Å². The minimum atomic E-state index is -0.583. The summed E-state index contributed by atoms with van der Waals surface area (Å²) in [6, 6.07) is 10.5. The molecule has 172 valence electrons. The number of amides is 3. The lowest BCUT2D eigenvalue weighted by molar-refractivity contribution is -0.142. The van der Waals surface area contributed by atoms with Gasteiger partial charge in [0, 0.05) is 15.7 Å². The average Bonchev–Trinajstić information content (AvgIpc) is 3.03. The highest BCUT2D eigenvalue weighted by molar-refractivity contribution is 9.10. The predicted octanol–water partition coefficient (Wildman–Crippen LogP) is 4.29. The van der Waals surface area contributed by atoms with Gasteiger partial charge in [0.25, 0.3) is 11.1 Å². The van der Waals surface area contributed by atoms with E-state index in [2.05, 4.69) is 26.0 Å². The first-order chi connectivity index (χ1) is 15.7. The summed E-state index contributed by atoms with van der Waals surface area (Å²) < 4.78 is 10.8. The van der Waals surface area contributed by atoms with Gasteiger partial charge in [0.1, 0.15) is 12.3 Å². The quantitative estimate of drug-likeness (QED) is 0.419. The number of halogens is 1. The summed E-state index contributed by atoms with van der Waals surface area (Å²) in [4.78, 5) is 50.2. The topological polar surface area (TPSA) is 102 Å². The number of aryl methyl sites for hydroxylation is 1. The molecule has 0 radical (unpaired) electrons. The molecule has 0 aromatic heterocycles. The number of nitrogens with zero attached hydrogens (tertiary/aromatic N) is 1. The van der Waals surface area contributed by atoms with E-state index in [9.17, 15) is 19.2 Å². The molecule has 1 fully saturated rings. The first-order valence-corrected chi connectivity index (χ1v) is 11.4. The van der Waals surface area contributed by atoms with Crippen molar-refractivity contribution in [1.82, 2.24) is 4.90 Å². The van der Waals surface area contributed by atoms with Gasteiger partial charge in [-0.15, -0.1) is 0 Å². The zero-order valence-corrected chi connectivity index (χ0v) is 20.5. The summed E-state index contributed by atoms with van der Waals surface area (Å²) in [5, 5.41) is 2.20. The van der Waals surface area contributed by atoms with E-state index in [0.717, 1.165) is 27.8 Å². The van der Waals surface area contributed by atoms with Crippen molar-refractivity contribution in [2.45, 2.75) is 13.8 Å². The highest BCUT2D eigenvalue weighted by atomic mass is 79.9. The molecule has 0 spiro atoms. The van der Waals surface area contributed by atoms with Crippen molar-refractivity contribution in [3.05, 3.63) is 62.5 Å². The third kappa shape index (κ3) is 6.02. The summed E-state index contributed by atoms with van der Waals surface area (Å²) in [6.07, 6.45) is 1.49. The van der Waals surface area contributed by atoms with Crippen molar-refractivity contribution in [2.24, 2.45) is 0 Å². The van der Waals surface area contributed by atoms with Gasteiger partial charge in [-0.1, -0.05) is 28.1 Å². The van der Waals surface area contributed by atoms with Crippen molar-refractivity contribution < 1.29 is 28.7 Å². The molecule has 0 atom stereocenters. The lowest BCUT2D eigenvalue weighted by atomic mass is 10.1. The van der Waals surface area contributed by atoms with E-state index < -0.39 is 29.6 Å². The molecule has 33 heavy (non-hydrogen) atoms. The molecule has 1 saturated heterocycles. The molecule has 3 rings (SSSR count). The molecule has 3 amide bonds. The lowest BCUT2D eigenvalue weighted by Gasteiger charge is -2.14. The Kier molecular flexibility index (Phi) is 7.93. The standard InChI is InChI=1S/C23H21BrN2O6S/c1-13-5-4-6-17(14(13)2)25-20(27)11-26-22(29)19(33-23(26)30)10-15-9-16(24)7-8-18(15)32-12-21(28)31-3/h4-10H,11-12H2,1-3H3,(H,25,27)/b19-10+. The van der Waals surface area contributed by atoms with E-state index in [1.807, 2.05) is 26.0 Å². The number of thioether (sulfide) groups is 1. The summed E-state index contributed by atoms with van der Waals surface area (Å²) in [5.41, 5.74) is 3.04. The van der Waals surface area contributed by atoms with Crippen LogP contribution in [0.4, 0.5) is 10.5 Å². The molecule has 1 aliphatic heterocycles. The number of esters is 1. The third-order valence-electron chi connectivity index (χ3n) is 4.89. The zero-order valence-electron chi connectivity index (χ0n) is 18.1. The number of carbonyl (C=O) groups excluding carboxylic acids is 4. The van der Waals surface area contributed by atoms with Crippen molar-refractivity contribution >= 4 is 62.5 Å². The van der Waals surface area contributed by atoms with Crippen LogP contribution in [-0.4, -0.2) is 48.2 Å². The number of hydrogen-bond acceptors (Lipinski definition) is 7. The van der Waals surface area contributed by atoms with Gasteiger partial charge in [-0.2, -0.15) is 0 Å². The van der Waals surface area contributed by atoms with Crippen LogP contribution in [0.5, 0.6) is 5.75 Å². The van der Waals surface area contributed by atoms with Crippen LogP contribution in [-0.2, 0) is 19.1 Å². The van der Waals surface area contributed by atoms with Gasteiger partial charge in [0.05, 0.1) is 12.0 Å². The smallest absolute Gasteiger partial charge is 0.343 e. The number of carbonyl (C=O) groups is 4. The molecule has 0 aliphatic carbocycles. The first kappa shape index (κ1) is 24.5. The Bertz CT molecular complexity index is 1160. The fourth-order valence-electron chi connectivity index (χ4n) is 2.96. The second kappa shape index (κ2) is 10.7. The van der Waals surface area contributed by atoms with Crippen LogP contribution in [0, 0.1) is 13.8 Å². The van der Waals surface area contributed by atoms with Crippen LogP contribution in [0.1, 0.15) is 16.7 Å². The number of imide groups is 1. The van der Waals surface area contributed by atoms with Crippen molar-refractivity contribution in [1.29, 1.82) is 0 Å². The Morgan fingerprint density at radius 2 is 1.94 bits per heavy atom. The van der Waals surface area contributed by atoms with E-state index >= 15 is 0 Å². The summed E-state index contributed by atoms with van der Waals surface area (Å²) in [7, 11) is 1.25. The van der Waals surface area contributed by atoms with Crippen molar-refractivity contribution in [3.63, 3.8) is 0 Å². The minimum absolute atomic E-state index is 0.139. The van der Waals surface area contributed by atoms with Crippen LogP contribution in [0.3, 0.4) is 0 Å². The van der Waals surface area contributed by atoms with E-state index in [1.54, 1.807) is 24.3 Å². The van der Waals surface area contributed by atoms with Crippen molar-refractivity contribution in [2.75, 3.05) is 25.6 Å². The number of nitrogens with one attached hydrogen (secondary N) is 1. The van der Waals surface area contributed by atoms with Gasteiger partial charge in [-0.05, 0) is 67.1 Å². The molecule has 1 aliphatic rings. The highest BCUT2D eigenvalue weighted by Crippen LogP contribution is 2.35. The van der Waals surface area contributed by atoms with Gasteiger partial charge in [-0.3, -0.25) is 19.3 Å². The largest absolute Gasteiger partial charge is 0.481 e. The van der Waals surface area contributed by atoms with Crippen LogP contribution >= 0.6 is 27.7 Å². The molecule has 2 aromatic rings. The van der Waals surface area contributed by atoms with E-state index in [-0.39, 0.29) is 11.5 Å². The molecule has 0 bridgehead atoms. The predicted molar refractivity (Wildman–Crippen MR) is 129 cm³/mol. The molecule has 1 heterocycles. The normalized spacial score (nSPS) is 14.5. The molecule has 10 heteroatoms. The number of hydrogen-bond donors (Lipinski definition) is 1. The van der Waals surface area contributed by atoms with Crippen LogP contribution in [0.2, 0.25) is 0 Å². The second-order valence-corrected chi connectivity index (χ2v) is 9.02. The highest BCUT2D eigenvalue weighted by Gasteiger charge is 2.36. The average molecular weight is 533 g/mol. The summed E-state index contributed by atoms with van der Waals surface area (Å²) >= 11 is 4.08. The maximum Gasteiger partial charge on any atom is 0.343 e. The Morgan fingerprint density at radius 3 is 2.67 bits per heavy atom. The Balaban J connectivity index is 1.76. The van der Waals surface area contributed by atoms with Gasteiger partial charge in [0.2, 0.25) is 5.91 Å². The summed E-state index contributed by atoms with van der Waals surface area (Å²) in [5.74, 6) is -1.28. The molecule has 0 unspecified atom stereocenters. The molecule has 8 nitrogen and oxygen atoms in total. The SMILES string of the molecule is COC(=O)COc1ccc(Br)cc1/C=C1/SC(=O)N(CC(=O)Nc2cccc(C)c2C)C1=O. The molecule has 2 aromatic carbocycles. The Hall–Kier alpha value is -3.11. The molecule has 0 saturated carbocycles. The molecular weight excluding hydrogens is 512 g/mol. The third-order valence-corrected chi connectivity index (χ3v) is 6.29. The van der Waals surface area contributed by atoms with Gasteiger partial charge in [0.15, 0.2) is 6.61 Å². The van der Waals surface area contributed by atoms with Gasteiger partial charge < -0.3 is 14.8 Å². The fraction of sp³-hybridized carbons (Fsp3) is 0.217. The van der Waals surface area contributed by atoms with Gasteiger partial charge >= 0.3 is 5.97 Å². The van der Waals surface area contributed by atoms with E-state index in [1.165, 1.54) is 13.2 Å². The zero-order chi connectivity index (χ0) is 24.1. The van der Waals surface area contributed by atoms with Crippen molar-refractivity contribution in [3.8, 4) is 5.75 Å². The van der Waals surface area contributed by atoms with Crippen LogP contribution in [0.15, 0.2) is 45.8 Å². The Morgan fingerprint density at radius 1 is 1.18 bits per heavy atom. The Labute approximate surface area is 203 Å². The molecular formula is C23H21BrN2O6S. The first-order valence-electron chi connectivity index (χ1n) is 9.80. The maximum absolute atomic E-state index is 12.8. The number of benzene rings is 2. The lowest BCUT2D eigenvalue weighted by Crippen LogP contribution is -2.36. The summed E-state index contributed by atoms with van der Waals surface area (Å²) in [6.45, 7) is 3.10. The number of methoxy groups -OCH3 is 1. The van der Waals surface area contributed by atoms with Crippen LogP contribution in [0.25, 0.3) is 6.08 Å². The molecule has 1 N–H and O–H groups in total. The van der Waals surface area contributed by atoms with E-state index in [4.69, 9.17) is 4.74 Å². The number of rotatable bonds is 7. The number of ether oxygens (including phenoxy) is 2.